The van der Waals surface area contributed by atoms with Crippen LogP contribution < -0.4 is 0 Å². The molecule has 0 saturated carbocycles. The predicted molar refractivity (Wildman–Crippen MR) is 65.7 cm³/mol. The van der Waals surface area contributed by atoms with E-state index in [-0.39, 0.29) is 0 Å². The molecule has 0 aliphatic heterocycles. The van der Waals surface area contributed by atoms with Crippen molar-refractivity contribution < 1.29 is 0 Å². The summed E-state index contributed by atoms with van der Waals surface area (Å²) in [5.74, 6) is 0. The number of nitriles is 1. The summed E-state index contributed by atoms with van der Waals surface area (Å²) in [6.07, 6.45) is 1.69. The van der Waals surface area contributed by atoms with E-state index < -0.39 is 0 Å². The van der Waals surface area contributed by atoms with Gasteiger partial charge in [0.2, 0.25) is 0 Å². The molecule has 0 aliphatic rings. The highest BCUT2D eigenvalue weighted by molar-refractivity contribution is 14.1. The normalized spacial score (nSPS) is 10.1. The van der Waals surface area contributed by atoms with Gasteiger partial charge in [0.15, 0.2) is 0 Å². The van der Waals surface area contributed by atoms with E-state index in [1.165, 1.54) is 0 Å². The van der Waals surface area contributed by atoms with Crippen LogP contribution in [0.2, 0.25) is 0 Å². The van der Waals surface area contributed by atoms with Crippen LogP contribution >= 0.6 is 22.6 Å². The van der Waals surface area contributed by atoms with Gasteiger partial charge in [-0.3, -0.25) is 0 Å². The first-order chi connectivity index (χ1) is 6.65. The number of rotatable bonds is 2. The molecule has 14 heavy (non-hydrogen) atoms. The lowest BCUT2D eigenvalue weighted by atomic mass is 10.2. The molecule has 0 aromatic heterocycles. The first-order valence-corrected chi connectivity index (χ1v) is 5.12. The zero-order valence-corrected chi connectivity index (χ0v) is 10.2. The summed E-state index contributed by atoms with van der Waals surface area (Å²) < 4.78 is 0.929. The van der Waals surface area contributed by atoms with Gasteiger partial charge in [0, 0.05) is 17.7 Å². The zero-order valence-electron chi connectivity index (χ0n) is 8.03. The van der Waals surface area contributed by atoms with Crippen molar-refractivity contribution in [1.29, 1.82) is 5.26 Å². The molecule has 0 heterocycles. The van der Waals surface area contributed by atoms with Crippen molar-refractivity contribution >= 4 is 34.6 Å². The molecule has 1 aromatic rings. The average Bonchev–Trinajstić information content (AvgIpc) is 2.14. The summed E-state index contributed by atoms with van der Waals surface area (Å²) in [6.45, 7) is 0. The van der Waals surface area contributed by atoms with Crippen molar-refractivity contribution in [3.05, 3.63) is 27.3 Å². The number of aliphatic imine (C=N–C) groups is 1. The van der Waals surface area contributed by atoms with Gasteiger partial charge in [-0.1, -0.05) is 6.07 Å². The largest absolute Gasteiger partial charge is 0.369 e. The quantitative estimate of drug-likeness (QED) is 0.478. The fourth-order valence-corrected chi connectivity index (χ4v) is 1.51. The van der Waals surface area contributed by atoms with Gasteiger partial charge in [0.1, 0.15) is 6.07 Å². The lowest BCUT2D eigenvalue weighted by Gasteiger charge is -2.03. The highest BCUT2D eigenvalue weighted by Gasteiger charge is 2.03. The van der Waals surface area contributed by atoms with Gasteiger partial charge in [-0.25, -0.2) is 4.99 Å². The molecular formula is C10H10IN3. The molecule has 0 fully saturated rings. The second kappa shape index (κ2) is 4.96. The second-order valence-corrected chi connectivity index (χ2v) is 4.12. The van der Waals surface area contributed by atoms with Gasteiger partial charge in [-0.2, -0.15) is 5.26 Å². The van der Waals surface area contributed by atoms with E-state index in [0.717, 1.165) is 3.57 Å². The lowest BCUT2D eigenvalue weighted by Crippen LogP contribution is -2.07. The van der Waals surface area contributed by atoms with Crippen molar-refractivity contribution in [2.75, 3.05) is 14.1 Å². The maximum absolute atomic E-state index is 8.92. The molecule has 0 saturated heterocycles. The van der Waals surface area contributed by atoms with Crippen molar-refractivity contribution in [1.82, 2.24) is 4.90 Å². The van der Waals surface area contributed by atoms with Crippen LogP contribution in [0.3, 0.4) is 0 Å². The van der Waals surface area contributed by atoms with Crippen molar-refractivity contribution in [3.63, 3.8) is 0 Å². The molecule has 0 N–H and O–H groups in total. The maximum Gasteiger partial charge on any atom is 0.103 e. The number of benzene rings is 1. The third kappa shape index (κ3) is 2.70. The number of nitrogens with zero attached hydrogens (tertiary/aromatic N) is 3. The Labute approximate surface area is 97.2 Å². The van der Waals surface area contributed by atoms with Crippen LogP contribution in [0.15, 0.2) is 23.2 Å². The number of hydrogen-bond donors (Lipinski definition) is 0. The van der Waals surface area contributed by atoms with Crippen LogP contribution in [-0.2, 0) is 0 Å². The minimum atomic E-state index is 0.631. The molecule has 0 aliphatic carbocycles. The molecule has 0 spiro atoms. The van der Waals surface area contributed by atoms with E-state index in [0.29, 0.717) is 11.3 Å². The standard InChI is InChI=1S/C10H10IN3/c1-14(2)7-13-10-5-3-4-9(11)8(10)6-12/h3-5,7H,1-2H3. The number of hydrogen-bond acceptors (Lipinski definition) is 2. The molecular weight excluding hydrogens is 289 g/mol. The molecule has 0 bridgehead atoms. The van der Waals surface area contributed by atoms with E-state index in [1.54, 1.807) is 6.34 Å². The molecule has 4 heteroatoms. The third-order valence-corrected chi connectivity index (χ3v) is 2.43. The minimum absolute atomic E-state index is 0.631. The third-order valence-electron chi connectivity index (χ3n) is 1.53. The second-order valence-electron chi connectivity index (χ2n) is 2.95. The van der Waals surface area contributed by atoms with Gasteiger partial charge in [0.25, 0.3) is 0 Å². The maximum atomic E-state index is 8.92. The summed E-state index contributed by atoms with van der Waals surface area (Å²) in [6, 6.07) is 7.77. The smallest absolute Gasteiger partial charge is 0.103 e. The van der Waals surface area contributed by atoms with E-state index in [2.05, 4.69) is 33.7 Å². The Balaban J connectivity index is 3.10. The van der Waals surface area contributed by atoms with Crippen LogP contribution in [0.4, 0.5) is 5.69 Å². The van der Waals surface area contributed by atoms with Crippen LogP contribution in [0.1, 0.15) is 5.56 Å². The van der Waals surface area contributed by atoms with Crippen molar-refractivity contribution in [2.45, 2.75) is 0 Å². The Hall–Kier alpha value is -1.09. The Morgan fingerprint density at radius 2 is 2.21 bits per heavy atom. The molecule has 0 radical (unpaired) electrons. The zero-order chi connectivity index (χ0) is 10.6. The minimum Gasteiger partial charge on any atom is -0.369 e. The first-order valence-electron chi connectivity index (χ1n) is 4.04. The summed E-state index contributed by atoms with van der Waals surface area (Å²) in [5.41, 5.74) is 1.35. The molecule has 1 aromatic carbocycles. The Kier molecular flexibility index (Phi) is 3.89. The topological polar surface area (TPSA) is 39.4 Å². The van der Waals surface area contributed by atoms with E-state index in [1.807, 2.05) is 37.2 Å². The van der Waals surface area contributed by atoms with E-state index in [4.69, 9.17) is 5.26 Å². The molecule has 0 amide bonds. The highest BCUT2D eigenvalue weighted by Crippen LogP contribution is 2.22. The summed E-state index contributed by atoms with van der Waals surface area (Å²) in [7, 11) is 3.78. The van der Waals surface area contributed by atoms with Crippen LogP contribution in [0.5, 0.6) is 0 Å². The Morgan fingerprint density at radius 1 is 1.50 bits per heavy atom. The summed E-state index contributed by atoms with van der Waals surface area (Å²) in [4.78, 5) is 6.05. The monoisotopic (exact) mass is 299 g/mol. The fourth-order valence-electron chi connectivity index (χ4n) is 0.909. The fraction of sp³-hybridized carbons (Fsp3) is 0.200. The van der Waals surface area contributed by atoms with Gasteiger partial charge < -0.3 is 4.90 Å². The molecule has 0 atom stereocenters. The van der Waals surface area contributed by atoms with Crippen LogP contribution in [-0.4, -0.2) is 25.3 Å². The lowest BCUT2D eigenvalue weighted by molar-refractivity contribution is 0.643. The molecule has 3 nitrogen and oxygen atoms in total. The van der Waals surface area contributed by atoms with Crippen LogP contribution in [0, 0.1) is 14.9 Å². The number of halogens is 1. The molecule has 72 valence electrons. The van der Waals surface area contributed by atoms with Crippen molar-refractivity contribution in [3.8, 4) is 6.07 Å². The summed E-state index contributed by atoms with van der Waals surface area (Å²) >= 11 is 2.13. The Morgan fingerprint density at radius 3 is 2.79 bits per heavy atom. The SMILES string of the molecule is CN(C)C=Nc1cccc(I)c1C#N. The molecule has 1 rings (SSSR count). The van der Waals surface area contributed by atoms with Gasteiger partial charge in [-0.15, -0.1) is 0 Å². The van der Waals surface area contributed by atoms with Crippen molar-refractivity contribution in [2.24, 2.45) is 4.99 Å². The van der Waals surface area contributed by atoms with Crippen LogP contribution in [0.25, 0.3) is 0 Å². The highest BCUT2D eigenvalue weighted by atomic mass is 127. The average molecular weight is 299 g/mol. The van der Waals surface area contributed by atoms with Gasteiger partial charge >= 0.3 is 0 Å². The Bertz CT molecular complexity index is 391. The molecule has 0 unspecified atom stereocenters. The predicted octanol–water partition coefficient (Wildman–Crippen LogP) is 2.38. The van der Waals surface area contributed by atoms with E-state index in [9.17, 15) is 0 Å². The van der Waals surface area contributed by atoms with Gasteiger partial charge in [0.05, 0.1) is 17.6 Å². The van der Waals surface area contributed by atoms with E-state index >= 15 is 0 Å². The summed E-state index contributed by atoms with van der Waals surface area (Å²) in [5, 5.41) is 8.92. The first kappa shape index (κ1) is 11.0. The van der Waals surface area contributed by atoms with Gasteiger partial charge in [-0.05, 0) is 34.7 Å².